The Morgan fingerprint density at radius 2 is 1.86 bits per heavy atom. The van der Waals surface area contributed by atoms with Crippen molar-refractivity contribution in [1.82, 2.24) is 20.1 Å². The molecule has 3 atom stereocenters. The summed E-state index contributed by atoms with van der Waals surface area (Å²) in [4.78, 5) is 45.4. The second-order valence-electron chi connectivity index (χ2n) is 10.3. The minimum atomic E-state index is -0.607. The van der Waals surface area contributed by atoms with Gasteiger partial charge in [-0.25, -0.2) is 0 Å². The molecule has 0 spiro atoms. The Kier molecular flexibility index (Phi) is 6.17. The number of imide groups is 1. The summed E-state index contributed by atoms with van der Waals surface area (Å²) in [5, 5.41) is 3.01. The molecule has 0 bridgehead atoms. The van der Waals surface area contributed by atoms with E-state index in [4.69, 9.17) is 16.3 Å². The van der Waals surface area contributed by atoms with Crippen LogP contribution >= 0.6 is 11.6 Å². The first kappa shape index (κ1) is 23.4. The molecule has 1 aliphatic carbocycles. The summed E-state index contributed by atoms with van der Waals surface area (Å²) in [6.07, 6.45) is 6.88. The number of benzene rings is 1. The second-order valence-corrected chi connectivity index (χ2v) is 10.7. The minimum absolute atomic E-state index is 0.0965. The molecule has 9 heteroatoms. The summed E-state index contributed by atoms with van der Waals surface area (Å²) < 4.78 is 6.53. The first-order valence-electron chi connectivity index (χ1n) is 12.8. The zero-order valence-electron chi connectivity index (χ0n) is 20.0. The van der Waals surface area contributed by atoms with E-state index in [-0.39, 0.29) is 24.3 Å². The molecule has 1 aromatic carbocycles. The van der Waals surface area contributed by atoms with Crippen LogP contribution in [0.1, 0.15) is 66.1 Å². The number of nitrogens with zero attached hydrogens (tertiary/aromatic N) is 3. The number of aromatic nitrogens is 1. The fourth-order valence-corrected chi connectivity index (χ4v) is 6.14. The van der Waals surface area contributed by atoms with E-state index >= 15 is 0 Å². The standard InChI is InChI=1S/C27H29ClN4O4/c28-18-5-8-21(29-12-18)17-13-31(14-17)22-3-1-2-4-24(22)36-19-6-7-20-16(11-19)15-32(27(20)35)23-9-10-25(33)30-26(23)34/h5-8,11-12,17,22-24H,1-4,9-10,13-15H2,(H,30,33,34)/t22-,23+,24-/m1/s1. The van der Waals surface area contributed by atoms with Crippen molar-refractivity contribution < 1.29 is 19.1 Å². The highest BCUT2D eigenvalue weighted by atomic mass is 35.5. The number of hydrogen-bond donors (Lipinski definition) is 1. The van der Waals surface area contributed by atoms with Crippen molar-refractivity contribution in [3.63, 3.8) is 0 Å². The minimum Gasteiger partial charge on any atom is -0.489 e. The zero-order valence-corrected chi connectivity index (χ0v) is 20.7. The summed E-state index contributed by atoms with van der Waals surface area (Å²) in [5.74, 6) is 0.352. The van der Waals surface area contributed by atoms with E-state index in [1.54, 1.807) is 11.1 Å². The number of ether oxygens (including phenoxy) is 1. The summed E-state index contributed by atoms with van der Waals surface area (Å²) in [7, 11) is 0. The lowest BCUT2D eigenvalue weighted by molar-refractivity contribution is -0.136. The molecular formula is C27H29ClN4O4. The van der Waals surface area contributed by atoms with Crippen LogP contribution in [0.5, 0.6) is 5.75 Å². The largest absolute Gasteiger partial charge is 0.489 e. The molecule has 0 unspecified atom stereocenters. The van der Waals surface area contributed by atoms with Gasteiger partial charge in [0, 0.05) is 55.5 Å². The van der Waals surface area contributed by atoms with Crippen LogP contribution in [-0.4, -0.2) is 63.8 Å². The number of likely N-dealkylation sites (tertiary alicyclic amines) is 1. The molecule has 0 radical (unpaired) electrons. The number of amides is 3. The lowest BCUT2D eigenvalue weighted by atomic mass is 9.85. The SMILES string of the molecule is O=C1CC[C@H](N2Cc3cc(O[C@@H]4CCCC[C@H]4N4CC(c5ccc(Cl)cn5)C4)ccc3C2=O)C(=O)N1. The molecule has 3 fully saturated rings. The first-order chi connectivity index (χ1) is 17.5. The predicted octanol–water partition coefficient (Wildman–Crippen LogP) is 3.29. The second kappa shape index (κ2) is 9.48. The number of fused-ring (bicyclic) bond motifs is 1. The smallest absolute Gasteiger partial charge is 0.255 e. The summed E-state index contributed by atoms with van der Waals surface area (Å²) in [6.45, 7) is 2.30. The number of carbonyl (C=O) groups excluding carboxylic acids is 3. The molecule has 3 aliphatic heterocycles. The molecule has 8 nitrogen and oxygen atoms in total. The average Bonchev–Trinajstić information content (AvgIpc) is 3.16. The predicted molar refractivity (Wildman–Crippen MR) is 133 cm³/mol. The van der Waals surface area contributed by atoms with Gasteiger partial charge in [0.15, 0.2) is 0 Å². The van der Waals surface area contributed by atoms with Crippen molar-refractivity contribution in [3.8, 4) is 5.75 Å². The Balaban J connectivity index is 1.11. The molecule has 36 heavy (non-hydrogen) atoms. The maximum atomic E-state index is 13.0. The molecule has 3 amide bonds. The van der Waals surface area contributed by atoms with Crippen LogP contribution in [0.25, 0.3) is 0 Å². The van der Waals surface area contributed by atoms with E-state index in [1.165, 1.54) is 6.42 Å². The van der Waals surface area contributed by atoms with Crippen LogP contribution in [0.2, 0.25) is 5.02 Å². The zero-order chi connectivity index (χ0) is 24.8. The Morgan fingerprint density at radius 3 is 2.64 bits per heavy atom. The van der Waals surface area contributed by atoms with Crippen LogP contribution in [0.4, 0.5) is 0 Å². The van der Waals surface area contributed by atoms with E-state index in [0.717, 1.165) is 49.4 Å². The van der Waals surface area contributed by atoms with Crippen LogP contribution < -0.4 is 10.1 Å². The third kappa shape index (κ3) is 4.37. The lowest BCUT2D eigenvalue weighted by Gasteiger charge is -2.48. The van der Waals surface area contributed by atoms with Crippen LogP contribution in [0.3, 0.4) is 0 Å². The summed E-state index contributed by atoms with van der Waals surface area (Å²) >= 11 is 5.99. The van der Waals surface area contributed by atoms with Gasteiger partial charge in [-0.1, -0.05) is 18.0 Å². The van der Waals surface area contributed by atoms with E-state index in [1.807, 2.05) is 30.3 Å². The normalized spacial score (nSPS) is 27.0. The fourth-order valence-electron chi connectivity index (χ4n) is 6.03. The van der Waals surface area contributed by atoms with Gasteiger partial charge in [-0.3, -0.25) is 29.6 Å². The molecule has 1 aromatic heterocycles. The molecule has 2 aromatic rings. The van der Waals surface area contributed by atoms with Gasteiger partial charge in [0.2, 0.25) is 11.8 Å². The van der Waals surface area contributed by atoms with Gasteiger partial charge >= 0.3 is 0 Å². The monoisotopic (exact) mass is 508 g/mol. The molecule has 2 saturated heterocycles. The Labute approximate surface area is 214 Å². The number of rotatable bonds is 5. The number of nitrogens with one attached hydrogen (secondary N) is 1. The molecule has 4 heterocycles. The molecule has 188 valence electrons. The van der Waals surface area contributed by atoms with Crippen molar-refractivity contribution in [2.45, 2.75) is 69.2 Å². The van der Waals surface area contributed by atoms with E-state index < -0.39 is 11.9 Å². The highest BCUT2D eigenvalue weighted by Gasteiger charge is 2.41. The number of pyridine rings is 1. The number of carbonyl (C=O) groups is 3. The van der Waals surface area contributed by atoms with Crippen LogP contribution in [0, 0.1) is 0 Å². The molecule has 1 saturated carbocycles. The van der Waals surface area contributed by atoms with E-state index in [0.29, 0.717) is 35.5 Å². The van der Waals surface area contributed by atoms with Crippen molar-refractivity contribution in [2.24, 2.45) is 0 Å². The Bertz CT molecular complexity index is 1200. The maximum Gasteiger partial charge on any atom is 0.255 e. The van der Waals surface area contributed by atoms with Gasteiger partial charge < -0.3 is 9.64 Å². The summed E-state index contributed by atoms with van der Waals surface area (Å²) in [6, 6.07) is 9.29. The van der Waals surface area contributed by atoms with Gasteiger partial charge in [-0.05, 0) is 61.6 Å². The van der Waals surface area contributed by atoms with Gasteiger partial charge in [0.05, 0.1) is 5.02 Å². The average molecular weight is 509 g/mol. The van der Waals surface area contributed by atoms with Crippen molar-refractivity contribution in [3.05, 3.63) is 58.4 Å². The van der Waals surface area contributed by atoms with Gasteiger partial charge in [-0.2, -0.15) is 0 Å². The highest BCUT2D eigenvalue weighted by molar-refractivity contribution is 6.30. The summed E-state index contributed by atoms with van der Waals surface area (Å²) in [5.41, 5.74) is 2.56. The van der Waals surface area contributed by atoms with E-state index in [2.05, 4.69) is 15.2 Å². The van der Waals surface area contributed by atoms with Gasteiger partial charge in [0.25, 0.3) is 5.91 Å². The molecule has 1 N–H and O–H groups in total. The topological polar surface area (TPSA) is 91.8 Å². The van der Waals surface area contributed by atoms with Gasteiger partial charge in [-0.15, -0.1) is 0 Å². The number of halogens is 1. The van der Waals surface area contributed by atoms with Crippen LogP contribution in [-0.2, 0) is 16.1 Å². The fraction of sp³-hybridized carbons (Fsp3) is 0.481. The quantitative estimate of drug-likeness (QED) is 0.623. The number of hydrogen-bond acceptors (Lipinski definition) is 6. The van der Waals surface area contributed by atoms with Crippen molar-refractivity contribution in [2.75, 3.05) is 13.1 Å². The molecule has 6 rings (SSSR count). The third-order valence-corrected chi connectivity index (χ3v) is 8.22. The molecular weight excluding hydrogens is 480 g/mol. The Hall–Kier alpha value is -2.97. The first-order valence-corrected chi connectivity index (χ1v) is 13.1. The van der Waals surface area contributed by atoms with Crippen molar-refractivity contribution >= 4 is 29.3 Å². The lowest BCUT2D eigenvalue weighted by Crippen LogP contribution is -2.57. The Morgan fingerprint density at radius 1 is 1.03 bits per heavy atom. The third-order valence-electron chi connectivity index (χ3n) is 8.00. The van der Waals surface area contributed by atoms with Crippen molar-refractivity contribution in [1.29, 1.82) is 0 Å². The highest BCUT2D eigenvalue weighted by Crippen LogP contribution is 2.36. The van der Waals surface area contributed by atoms with Crippen LogP contribution in [0.15, 0.2) is 36.5 Å². The molecule has 4 aliphatic rings. The van der Waals surface area contributed by atoms with Gasteiger partial charge in [0.1, 0.15) is 17.9 Å². The maximum absolute atomic E-state index is 13.0. The van der Waals surface area contributed by atoms with E-state index in [9.17, 15) is 14.4 Å². The number of piperidine rings is 1.